The smallest absolute Gasteiger partial charge is 0.337 e. The zero-order valence-corrected chi connectivity index (χ0v) is 20.1. The summed E-state index contributed by atoms with van der Waals surface area (Å²) in [5, 5.41) is 17.5. The summed E-state index contributed by atoms with van der Waals surface area (Å²) in [6.07, 6.45) is 3.74. The first-order valence-electron chi connectivity index (χ1n) is 11.6. The summed E-state index contributed by atoms with van der Waals surface area (Å²) in [5.41, 5.74) is 5.51. The fourth-order valence-electron chi connectivity index (χ4n) is 4.40. The van der Waals surface area contributed by atoms with E-state index in [1.54, 1.807) is 35.1 Å². The molecular weight excluding hydrogens is 454 g/mol. The quantitative estimate of drug-likeness (QED) is 0.308. The van der Waals surface area contributed by atoms with Crippen molar-refractivity contribution < 1.29 is 14.3 Å². The standard InChI is InChI=1S/C29H25N3O4/c1-17-12-23(18(2)31-25-7-5-4-6-22(25)29(34)35)28-24(13-17)26(33)14-27(36-28)20-10-8-19(9-11-20)21-15-30-32(3)16-21/h4-16,18,31H,1-3H3,(H,34,35). The minimum absolute atomic E-state index is 0.134. The zero-order chi connectivity index (χ0) is 25.4. The predicted molar refractivity (Wildman–Crippen MR) is 140 cm³/mol. The van der Waals surface area contributed by atoms with E-state index in [1.165, 1.54) is 6.07 Å². The summed E-state index contributed by atoms with van der Waals surface area (Å²) in [6.45, 7) is 3.84. The van der Waals surface area contributed by atoms with Crippen LogP contribution < -0.4 is 10.7 Å². The fourth-order valence-corrected chi connectivity index (χ4v) is 4.40. The minimum atomic E-state index is -1.01. The van der Waals surface area contributed by atoms with Gasteiger partial charge in [-0.05, 0) is 43.2 Å². The number of carbonyl (C=O) groups is 1. The van der Waals surface area contributed by atoms with E-state index >= 15 is 0 Å². The molecule has 0 fully saturated rings. The lowest BCUT2D eigenvalue weighted by molar-refractivity contribution is 0.0698. The molecular formula is C29H25N3O4. The highest BCUT2D eigenvalue weighted by Gasteiger charge is 2.18. The Balaban J connectivity index is 1.56. The molecule has 0 radical (unpaired) electrons. The van der Waals surface area contributed by atoms with Gasteiger partial charge in [0.15, 0.2) is 5.43 Å². The van der Waals surface area contributed by atoms with E-state index in [4.69, 9.17) is 4.42 Å². The molecule has 0 spiro atoms. The van der Waals surface area contributed by atoms with Crippen LogP contribution in [0.5, 0.6) is 0 Å². The lowest BCUT2D eigenvalue weighted by Gasteiger charge is -2.19. The van der Waals surface area contributed by atoms with E-state index in [-0.39, 0.29) is 17.0 Å². The molecule has 0 saturated carbocycles. The first-order chi connectivity index (χ1) is 17.3. The van der Waals surface area contributed by atoms with E-state index in [1.807, 2.05) is 63.5 Å². The van der Waals surface area contributed by atoms with E-state index < -0.39 is 5.97 Å². The number of aromatic nitrogens is 2. The van der Waals surface area contributed by atoms with Gasteiger partial charge in [0, 0.05) is 41.7 Å². The lowest BCUT2D eigenvalue weighted by Crippen LogP contribution is -2.12. The van der Waals surface area contributed by atoms with Gasteiger partial charge in [-0.3, -0.25) is 9.48 Å². The summed E-state index contributed by atoms with van der Waals surface area (Å²) in [7, 11) is 1.87. The molecule has 0 bridgehead atoms. The molecule has 0 saturated heterocycles. The molecule has 2 heterocycles. The van der Waals surface area contributed by atoms with Gasteiger partial charge in [0.2, 0.25) is 0 Å². The molecule has 2 aromatic heterocycles. The fraction of sp³-hybridized carbons (Fsp3) is 0.138. The first kappa shape index (κ1) is 23.1. The molecule has 1 atom stereocenters. The van der Waals surface area contributed by atoms with Gasteiger partial charge in [-0.25, -0.2) is 4.79 Å². The average molecular weight is 480 g/mol. The van der Waals surface area contributed by atoms with Crippen molar-refractivity contribution >= 4 is 22.6 Å². The topological polar surface area (TPSA) is 97.4 Å². The van der Waals surface area contributed by atoms with Crippen LogP contribution in [-0.2, 0) is 7.05 Å². The Morgan fingerprint density at radius 1 is 1.03 bits per heavy atom. The number of hydrogen-bond acceptors (Lipinski definition) is 5. The number of aromatic carboxylic acids is 1. The Labute approximate surface area is 207 Å². The van der Waals surface area contributed by atoms with Crippen molar-refractivity contribution in [2.75, 3.05) is 5.32 Å². The third kappa shape index (κ3) is 4.38. The number of benzene rings is 3. The largest absolute Gasteiger partial charge is 0.478 e. The molecule has 3 aromatic carbocycles. The van der Waals surface area contributed by atoms with Crippen LogP contribution in [0, 0.1) is 6.92 Å². The molecule has 7 heteroatoms. The molecule has 180 valence electrons. The number of hydrogen-bond donors (Lipinski definition) is 2. The van der Waals surface area contributed by atoms with Gasteiger partial charge in [0.1, 0.15) is 11.3 Å². The average Bonchev–Trinajstić information content (AvgIpc) is 3.30. The molecule has 0 aliphatic heterocycles. The number of para-hydroxylation sites is 1. The third-order valence-electron chi connectivity index (χ3n) is 6.21. The maximum absolute atomic E-state index is 13.1. The molecule has 1 unspecified atom stereocenters. The Morgan fingerprint density at radius 3 is 2.44 bits per heavy atom. The second-order valence-corrected chi connectivity index (χ2v) is 8.90. The van der Waals surface area contributed by atoms with Crippen LogP contribution in [0.15, 0.2) is 88.3 Å². The summed E-state index contributed by atoms with van der Waals surface area (Å²) in [5.74, 6) is -0.545. The van der Waals surface area contributed by atoms with Crippen molar-refractivity contribution in [3.63, 3.8) is 0 Å². The van der Waals surface area contributed by atoms with Crippen LogP contribution >= 0.6 is 0 Å². The van der Waals surface area contributed by atoms with E-state index in [0.717, 1.165) is 27.8 Å². The van der Waals surface area contributed by atoms with Crippen LogP contribution in [-0.4, -0.2) is 20.9 Å². The lowest BCUT2D eigenvalue weighted by atomic mass is 10.00. The van der Waals surface area contributed by atoms with Gasteiger partial charge in [0.05, 0.1) is 23.2 Å². The molecule has 36 heavy (non-hydrogen) atoms. The molecule has 0 aliphatic carbocycles. The Bertz CT molecular complexity index is 1650. The monoisotopic (exact) mass is 479 g/mol. The first-order valence-corrected chi connectivity index (χ1v) is 11.6. The van der Waals surface area contributed by atoms with Crippen molar-refractivity contribution in [1.29, 1.82) is 0 Å². The van der Waals surface area contributed by atoms with E-state index in [9.17, 15) is 14.7 Å². The normalized spacial score (nSPS) is 12.0. The Morgan fingerprint density at radius 2 is 1.75 bits per heavy atom. The SMILES string of the molecule is Cc1cc(C(C)Nc2ccccc2C(=O)O)c2oc(-c3ccc(-c4cnn(C)c4)cc3)cc(=O)c2c1. The van der Waals surface area contributed by atoms with Crippen molar-refractivity contribution in [2.45, 2.75) is 19.9 Å². The molecule has 7 nitrogen and oxygen atoms in total. The van der Waals surface area contributed by atoms with Crippen LogP contribution in [0.4, 0.5) is 5.69 Å². The van der Waals surface area contributed by atoms with Crippen molar-refractivity contribution in [2.24, 2.45) is 7.05 Å². The number of nitrogens with zero attached hydrogens (tertiary/aromatic N) is 2. The van der Waals surface area contributed by atoms with Gasteiger partial charge in [0.25, 0.3) is 0 Å². The molecule has 5 aromatic rings. The van der Waals surface area contributed by atoms with Crippen molar-refractivity contribution in [3.05, 3.63) is 106 Å². The van der Waals surface area contributed by atoms with Gasteiger partial charge in [-0.15, -0.1) is 0 Å². The Kier molecular flexibility index (Phi) is 5.90. The molecule has 0 amide bonds. The van der Waals surface area contributed by atoms with Gasteiger partial charge < -0.3 is 14.8 Å². The van der Waals surface area contributed by atoms with Gasteiger partial charge in [-0.2, -0.15) is 5.10 Å². The summed E-state index contributed by atoms with van der Waals surface area (Å²) < 4.78 is 8.08. The predicted octanol–water partition coefficient (Wildman–Crippen LogP) is 6.04. The van der Waals surface area contributed by atoms with Crippen molar-refractivity contribution in [1.82, 2.24) is 9.78 Å². The third-order valence-corrected chi connectivity index (χ3v) is 6.21. The Hall–Kier alpha value is -4.65. The number of aryl methyl sites for hydroxylation is 2. The number of carboxylic acid groups (broad SMARTS) is 1. The summed E-state index contributed by atoms with van der Waals surface area (Å²) >= 11 is 0. The van der Waals surface area contributed by atoms with Gasteiger partial charge >= 0.3 is 5.97 Å². The number of carboxylic acids is 1. The summed E-state index contributed by atoms with van der Waals surface area (Å²) in [4.78, 5) is 24.8. The van der Waals surface area contributed by atoms with Gasteiger partial charge in [-0.1, -0.05) is 42.5 Å². The molecule has 0 aliphatic rings. The summed E-state index contributed by atoms with van der Waals surface area (Å²) in [6, 6.07) is 19.5. The number of rotatable bonds is 6. The highest BCUT2D eigenvalue weighted by Crippen LogP contribution is 2.32. The van der Waals surface area contributed by atoms with Crippen LogP contribution in [0.25, 0.3) is 33.4 Å². The van der Waals surface area contributed by atoms with Crippen LogP contribution in [0.2, 0.25) is 0 Å². The maximum Gasteiger partial charge on any atom is 0.337 e. The van der Waals surface area contributed by atoms with E-state index in [2.05, 4.69) is 10.4 Å². The van der Waals surface area contributed by atoms with Crippen molar-refractivity contribution in [3.8, 4) is 22.5 Å². The minimum Gasteiger partial charge on any atom is -0.478 e. The second-order valence-electron chi connectivity index (χ2n) is 8.90. The second kappa shape index (κ2) is 9.19. The molecule has 2 N–H and O–H groups in total. The zero-order valence-electron chi connectivity index (χ0n) is 20.1. The van der Waals surface area contributed by atoms with Crippen LogP contribution in [0.3, 0.4) is 0 Å². The van der Waals surface area contributed by atoms with E-state index in [0.29, 0.717) is 22.4 Å². The maximum atomic E-state index is 13.1. The van der Waals surface area contributed by atoms with Crippen LogP contribution in [0.1, 0.15) is 34.5 Å². The number of fused-ring (bicyclic) bond motifs is 1. The molecule has 5 rings (SSSR count). The highest BCUT2D eigenvalue weighted by molar-refractivity contribution is 5.94. The number of anilines is 1. The highest BCUT2D eigenvalue weighted by atomic mass is 16.4. The number of nitrogens with one attached hydrogen (secondary N) is 1.